The summed E-state index contributed by atoms with van der Waals surface area (Å²) in [5, 5.41) is 17.7. The molecule has 0 aromatic heterocycles. The molecule has 0 fully saturated rings. The summed E-state index contributed by atoms with van der Waals surface area (Å²) in [4.78, 5) is 10.5. The molecule has 0 spiro atoms. The number of carboxylic acids is 1. The maximum absolute atomic E-state index is 10.5. The van der Waals surface area contributed by atoms with Crippen LogP contribution in [0.5, 0.6) is 11.5 Å². The zero-order valence-electron chi connectivity index (χ0n) is 10.7. The number of aliphatic hydroxyl groups is 1. The molecule has 0 aliphatic rings. The summed E-state index contributed by atoms with van der Waals surface area (Å²) in [5.74, 6) is 0.232. The summed E-state index contributed by atoms with van der Waals surface area (Å²) in [6.45, 7) is -0.0431. The minimum Gasteiger partial charge on any atom is -0.478 e. The van der Waals surface area contributed by atoms with Crippen LogP contribution in [0.15, 0.2) is 54.6 Å². The molecule has 2 aromatic carbocycles. The maximum atomic E-state index is 10.5. The van der Waals surface area contributed by atoms with Gasteiger partial charge in [-0.25, -0.2) is 4.79 Å². The highest BCUT2D eigenvalue weighted by atomic mass is 16.5. The van der Waals surface area contributed by atoms with Crippen LogP contribution in [0.4, 0.5) is 0 Å². The summed E-state index contributed by atoms with van der Waals surface area (Å²) in [5.41, 5.74) is 1.51. The van der Waals surface area contributed by atoms with Gasteiger partial charge in [-0.1, -0.05) is 24.3 Å². The third kappa shape index (κ3) is 3.96. The normalized spacial score (nSPS) is 10.7. The number of hydrogen-bond donors (Lipinski definition) is 2. The number of rotatable bonds is 5. The minimum absolute atomic E-state index is 0.0431. The Morgan fingerprint density at radius 2 is 1.80 bits per heavy atom. The highest BCUT2D eigenvalue weighted by Crippen LogP contribution is 2.23. The van der Waals surface area contributed by atoms with Gasteiger partial charge in [-0.3, -0.25) is 0 Å². The van der Waals surface area contributed by atoms with Crippen molar-refractivity contribution in [1.29, 1.82) is 0 Å². The second-order valence-electron chi connectivity index (χ2n) is 4.15. The zero-order chi connectivity index (χ0) is 14.4. The molecule has 20 heavy (non-hydrogen) atoms. The Morgan fingerprint density at radius 1 is 1.10 bits per heavy atom. The van der Waals surface area contributed by atoms with Crippen molar-refractivity contribution in [1.82, 2.24) is 0 Å². The van der Waals surface area contributed by atoms with Crippen molar-refractivity contribution < 1.29 is 19.7 Å². The van der Waals surface area contributed by atoms with Gasteiger partial charge in [0.15, 0.2) is 0 Å². The van der Waals surface area contributed by atoms with Crippen LogP contribution in [0, 0.1) is 0 Å². The Balaban J connectivity index is 2.16. The maximum Gasteiger partial charge on any atom is 0.328 e. The van der Waals surface area contributed by atoms with Gasteiger partial charge in [0.2, 0.25) is 0 Å². The van der Waals surface area contributed by atoms with Gasteiger partial charge >= 0.3 is 5.97 Å². The van der Waals surface area contributed by atoms with Crippen molar-refractivity contribution in [2.24, 2.45) is 0 Å². The predicted molar refractivity (Wildman–Crippen MR) is 75.6 cm³/mol. The van der Waals surface area contributed by atoms with Gasteiger partial charge in [-0.05, 0) is 41.5 Å². The fourth-order valence-corrected chi connectivity index (χ4v) is 1.69. The van der Waals surface area contributed by atoms with Crippen molar-refractivity contribution in [3.8, 4) is 11.5 Å². The van der Waals surface area contributed by atoms with Gasteiger partial charge in [-0.2, -0.15) is 0 Å². The number of benzene rings is 2. The van der Waals surface area contributed by atoms with Crippen LogP contribution >= 0.6 is 0 Å². The largest absolute Gasteiger partial charge is 0.478 e. The number of carboxylic acid groups (broad SMARTS) is 1. The van der Waals surface area contributed by atoms with Crippen LogP contribution < -0.4 is 4.74 Å². The summed E-state index contributed by atoms with van der Waals surface area (Å²) in [7, 11) is 0. The van der Waals surface area contributed by atoms with Crippen LogP contribution in [0.25, 0.3) is 6.08 Å². The second-order valence-corrected chi connectivity index (χ2v) is 4.15. The molecule has 4 nitrogen and oxygen atoms in total. The molecule has 2 rings (SSSR count). The standard InChI is InChI=1S/C16H14O4/c17-11-13-4-2-6-15(10-13)20-14-5-1-3-12(9-14)7-8-16(18)19/h1-10,17H,11H2,(H,18,19). The topological polar surface area (TPSA) is 66.8 Å². The third-order valence-electron chi connectivity index (χ3n) is 2.59. The van der Waals surface area contributed by atoms with E-state index in [0.717, 1.165) is 17.2 Å². The number of aliphatic hydroxyl groups excluding tert-OH is 1. The average Bonchev–Trinajstić information content (AvgIpc) is 2.46. The summed E-state index contributed by atoms with van der Waals surface area (Å²) in [6, 6.07) is 14.2. The van der Waals surface area contributed by atoms with Crippen LogP contribution in [-0.4, -0.2) is 16.2 Å². The fraction of sp³-hybridized carbons (Fsp3) is 0.0625. The fourth-order valence-electron chi connectivity index (χ4n) is 1.69. The molecule has 4 heteroatoms. The lowest BCUT2D eigenvalue weighted by Gasteiger charge is -2.07. The third-order valence-corrected chi connectivity index (χ3v) is 2.59. The molecular weight excluding hydrogens is 256 g/mol. The zero-order valence-corrected chi connectivity index (χ0v) is 10.7. The van der Waals surface area contributed by atoms with E-state index in [1.54, 1.807) is 48.5 Å². The molecule has 0 saturated carbocycles. The summed E-state index contributed by atoms with van der Waals surface area (Å²) in [6.07, 6.45) is 2.57. The number of hydrogen-bond acceptors (Lipinski definition) is 3. The van der Waals surface area contributed by atoms with E-state index in [2.05, 4.69) is 0 Å². The first kappa shape index (κ1) is 13.8. The van der Waals surface area contributed by atoms with Crippen LogP contribution in [0.3, 0.4) is 0 Å². The van der Waals surface area contributed by atoms with E-state index in [1.165, 1.54) is 6.08 Å². The molecule has 0 saturated heterocycles. The Morgan fingerprint density at radius 3 is 2.50 bits per heavy atom. The van der Waals surface area contributed by atoms with Gasteiger partial charge in [0.25, 0.3) is 0 Å². The molecule has 0 heterocycles. The molecule has 2 aromatic rings. The number of aliphatic carboxylic acids is 1. The average molecular weight is 270 g/mol. The van der Waals surface area contributed by atoms with Gasteiger partial charge in [0.05, 0.1) is 6.61 Å². The first-order chi connectivity index (χ1) is 9.67. The Labute approximate surface area is 116 Å². The van der Waals surface area contributed by atoms with Crippen molar-refractivity contribution in [3.05, 3.63) is 65.7 Å². The van der Waals surface area contributed by atoms with E-state index in [1.807, 2.05) is 0 Å². The summed E-state index contributed by atoms with van der Waals surface area (Å²) < 4.78 is 5.68. The van der Waals surface area contributed by atoms with E-state index in [0.29, 0.717) is 11.5 Å². The van der Waals surface area contributed by atoms with E-state index >= 15 is 0 Å². The van der Waals surface area contributed by atoms with Gasteiger partial charge in [-0.15, -0.1) is 0 Å². The molecule has 102 valence electrons. The summed E-state index contributed by atoms with van der Waals surface area (Å²) >= 11 is 0. The van der Waals surface area contributed by atoms with Gasteiger partial charge < -0.3 is 14.9 Å². The van der Waals surface area contributed by atoms with Crippen molar-refractivity contribution in [2.45, 2.75) is 6.61 Å². The lowest BCUT2D eigenvalue weighted by molar-refractivity contribution is -0.131. The Kier molecular flexibility index (Phi) is 4.52. The molecule has 0 unspecified atom stereocenters. The molecule has 0 radical (unpaired) electrons. The van der Waals surface area contributed by atoms with Crippen molar-refractivity contribution in [2.75, 3.05) is 0 Å². The highest BCUT2D eigenvalue weighted by molar-refractivity contribution is 5.85. The highest BCUT2D eigenvalue weighted by Gasteiger charge is 1.99. The van der Waals surface area contributed by atoms with Gasteiger partial charge in [0, 0.05) is 6.08 Å². The second kappa shape index (κ2) is 6.54. The van der Waals surface area contributed by atoms with Crippen LogP contribution in [0.1, 0.15) is 11.1 Å². The number of carbonyl (C=O) groups is 1. The monoisotopic (exact) mass is 270 g/mol. The minimum atomic E-state index is -0.994. The predicted octanol–water partition coefficient (Wildman–Crippen LogP) is 3.07. The van der Waals surface area contributed by atoms with E-state index in [9.17, 15) is 4.79 Å². The Bertz CT molecular complexity index is 632. The Hall–Kier alpha value is -2.59. The molecular formula is C16H14O4. The lowest BCUT2D eigenvalue weighted by atomic mass is 10.2. The first-order valence-corrected chi connectivity index (χ1v) is 6.06. The van der Waals surface area contributed by atoms with Crippen LogP contribution in [0.2, 0.25) is 0 Å². The molecule has 2 N–H and O–H groups in total. The van der Waals surface area contributed by atoms with E-state index in [4.69, 9.17) is 14.9 Å². The van der Waals surface area contributed by atoms with E-state index in [-0.39, 0.29) is 6.61 Å². The molecule has 0 amide bonds. The molecule has 0 atom stereocenters. The van der Waals surface area contributed by atoms with Gasteiger partial charge in [0.1, 0.15) is 11.5 Å². The van der Waals surface area contributed by atoms with Crippen molar-refractivity contribution in [3.63, 3.8) is 0 Å². The number of ether oxygens (including phenoxy) is 1. The lowest BCUT2D eigenvalue weighted by Crippen LogP contribution is -1.88. The first-order valence-electron chi connectivity index (χ1n) is 6.06. The van der Waals surface area contributed by atoms with E-state index < -0.39 is 5.97 Å². The molecule has 0 aliphatic carbocycles. The van der Waals surface area contributed by atoms with Crippen molar-refractivity contribution >= 4 is 12.0 Å². The molecule has 0 aliphatic heterocycles. The smallest absolute Gasteiger partial charge is 0.328 e. The quantitative estimate of drug-likeness (QED) is 0.819. The molecule has 0 bridgehead atoms. The SMILES string of the molecule is O=C(O)C=Cc1cccc(Oc2cccc(CO)c2)c1. The van der Waals surface area contributed by atoms with Crippen LogP contribution in [-0.2, 0) is 11.4 Å².